The second-order valence-corrected chi connectivity index (χ2v) is 7.81. The Hall–Kier alpha value is -4.46. The summed E-state index contributed by atoms with van der Waals surface area (Å²) in [6, 6.07) is 7.97. The highest BCUT2D eigenvalue weighted by Crippen LogP contribution is 2.36. The van der Waals surface area contributed by atoms with Crippen LogP contribution in [0.3, 0.4) is 0 Å². The highest BCUT2D eigenvalue weighted by molar-refractivity contribution is 5.74. The van der Waals surface area contributed by atoms with Crippen LogP contribution < -0.4 is 16.2 Å². The van der Waals surface area contributed by atoms with Gasteiger partial charge in [-0.25, -0.2) is 23.4 Å². The minimum absolute atomic E-state index is 0.142. The number of ether oxygens (including phenoxy) is 1. The van der Waals surface area contributed by atoms with Gasteiger partial charge in [-0.1, -0.05) is 0 Å². The van der Waals surface area contributed by atoms with Crippen molar-refractivity contribution in [3.8, 4) is 28.6 Å². The Bertz CT molecular complexity index is 1520. The maximum atomic E-state index is 14.2. The molecule has 2 bridgehead atoms. The Morgan fingerprint density at radius 1 is 1.24 bits per heavy atom. The van der Waals surface area contributed by atoms with E-state index in [1.165, 1.54) is 39.2 Å². The number of rotatable bonds is 0. The van der Waals surface area contributed by atoms with Gasteiger partial charge in [0.15, 0.2) is 11.6 Å². The molecule has 11 heteroatoms. The van der Waals surface area contributed by atoms with E-state index in [0.29, 0.717) is 39.6 Å². The summed E-state index contributed by atoms with van der Waals surface area (Å²) in [5.41, 5.74) is 8.50. The molecule has 2 N–H and O–H groups in total. The molecule has 1 aliphatic heterocycles. The summed E-state index contributed by atoms with van der Waals surface area (Å²) in [4.78, 5) is 17.3. The molecule has 1 aliphatic rings. The normalized spacial score (nSPS) is 14.7. The number of fused-ring (bicyclic) bond motifs is 7. The molecular formula is C22H19FN8O2. The Balaban J connectivity index is 1.88. The van der Waals surface area contributed by atoms with Gasteiger partial charge in [-0.3, -0.25) is 4.68 Å². The van der Waals surface area contributed by atoms with E-state index < -0.39 is 17.6 Å². The molecule has 0 unspecified atom stereocenters. The summed E-state index contributed by atoms with van der Waals surface area (Å²) in [5, 5.41) is 18.7. The molecule has 33 heavy (non-hydrogen) atoms. The van der Waals surface area contributed by atoms with Gasteiger partial charge in [0.2, 0.25) is 0 Å². The van der Waals surface area contributed by atoms with E-state index in [4.69, 9.17) is 10.5 Å². The molecule has 0 fully saturated rings. The van der Waals surface area contributed by atoms with Crippen LogP contribution >= 0.6 is 0 Å². The number of nitriles is 1. The number of aryl methyl sites for hydroxylation is 2. The summed E-state index contributed by atoms with van der Waals surface area (Å²) in [7, 11) is 3.20. The number of pyridine rings is 1. The smallest absolute Gasteiger partial charge is 0.350 e. The molecule has 10 nitrogen and oxygen atoms in total. The second kappa shape index (κ2) is 7.30. The molecule has 0 spiro atoms. The molecule has 5 rings (SSSR count). The number of aromatic nitrogens is 6. The SMILES string of the molecule is C[C@H]1Oc2cc(cnc2N)-c2c(nn(C)c2C#N)Cc2nn(C)c(=O)n2-c2ccc(F)cc21. The van der Waals surface area contributed by atoms with Gasteiger partial charge in [0.1, 0.15) is 29.5 Å². The molecule has 3 aromatic heterocycles. The summed E-state index contributed by atoms with van der Waals surface area (Å²) < 4.78 is 24.4. The van der Waals surface area contributed by atoms with Gasteiger partial charge in [-0.05, 0) is 31.2 Å². The first-order chi connectivity index (χ1) is 15.8. The lowest BCUT2D eigenvalue weighted by molar-refractivity contribution is 0.227. The first kappa shape index (κ1) is 20.4. The molecule has 4 heterocycles. The van der Waals surface area contributed by atoms with Crippen LogP contribution in [-0.4, -0.2) is 29.1 Å². The first-order valence-corrected chi connectivity index (χ1v) is 10.1. The average molecular weight is 446 g/mol. The Labute approximate surface area is 187 Å². The van der Waals surface area contributed by atoms with E-state index in [1.54, 1.807) is 26.2 Å². The minimum atomic E-state index is -0.682. The highest BCUT2D eigenvalue weighted by Gasteiger charge is 2.26. The van der Waals surface area contributed by atoms with Crippen molar-refractivity contribution in [1.29, 1.82) is 5.26 Å². The molecule has 4 aromatic rings. The largest absolute Gasteiger partial charge is 0.482 e. The van der Waals surface area contributed by atoms with Gasteiger partial charge in [-0.15, -0.1) is 0 Å². The Morgan fingerprint density at radius 3 is 2.79 bits per heavy atom. The van der Waals surface area contributed by atoms with E-state index in [0.717, 1.165) is 0 Å². The fourth-order valence-corrected chi connectivity index (χ4v) is 4.15. The zero-order valence-corrected chi connectivity index (χ0v) is 18.1. The van der Waals surface area contributed by atoms with Crippen molar-refractivity contribution >= 4 is 5.82 Å². The lowest BCUT2D eigenvalue weighted by Gasteiger charge is -2.21. The number of hydrogen-bond acceptors (Lipinski definition) is 7. The molecular weight excluding hydrogens is 427 g/mol. The number of nitrogen functional groups attached to an aromatic ring is 1. The Morgan fingerprint density at radius 2 is 2.03 bits per heavy atom. The van der Waals surface area contributed by atoms with E-state index in [2.05, 4.69) is 21.3 Å². The molecule has 0 amide bonds. The van der Waals surface area contributed by atoms with Crippen LogP contribution in [-0.2, 0) is 20.5 Å². The van der Waals surface area contributed by atoms with Crippen LogP contribution in [0.1, 0.15) is 35.8 Å². The van der Waals surface area contributed by atoms with Crippen molar-refractivity contribution in [2.45, 2.75) is 19.4 Å². The lowest BCUT2D eigenvalue weighted by Crippen LogP contribution is -2.24. The van der Waals surface area contributed by atoms with Crippen molar-refractivity contribution in [3.05, 3.63) is 69.5 Å². The molecule has 0 saturated carbocycles. The molecule has 166 valence electrons. The van der Waals surface area contributed by atoms with E-state index >= 15 is 0 Å². The monoisotopic (exact) mass is 446 g/mol. The number of hydrogen-bond donors (Lipinski definition) is 1. The second-order valence-electron chi connectivity index (χ2n) is 7.81. The first-order valence-electron chi connectivity index (χ1n) is 10.1. The van der Waals surface area contributed by atoms with Gasteiger partial charge in [0, 0.05) is 37.0 Å². The molecule has 0 radical (unpaired) electrons. The number of benzene rings is 1. The van der Waals surface area contributed by atoms with E-state index in [9.17, 15) is 14.4 Å². The number of halogens is 1. The maximum absolute atomic E-state index is 14.2. The van der Waals surface area contributed by atoms with Crippen LogP contribution in [0, 0.1) is 17.1 Å². The van der Waals surface area contributed by atoms with E-state index in [1.807, 2.05) is 0 Å². The predicted molar refractivity (Wildman–Crippen MR) is 116 cm³/mol. The molecule has 1 atom stereocenters. The fourth-order valence-electron chi connectivity index (χ4n) is 4.15. The van der Waals surface area contributed by atoms with Crippen molar-refractivity contribution in [2.24, 2.45) is 14.1 Å². The number of anilines is 1. The summed E-state index contributed by atoms with van der Waals surface area (Å²) in [6.45, 7) is 1.73. The van der Waals surface area contributed by atoms with Crippen LogP contribution in [0.5, 0.6) is 5.75 Å². The Kier molecular flexibility index (Phi) is 4.52. The maximum Gasteiger partial charge on any atom is 0.350 e. The highest BCUT2D eigenvalue weighted by atomic mass is 19.1. The van der Waals surface area contributed by atoms with Crippen molar-refractivity contribution in [2.75, 3.05) is 5.73 Å². The summed E-state index contributed by atoms with van der Waals surface area (Å²) in [5.74, 6) is 0.327. The van der Waals surface area contributed by atoms with Crippen LogP contribution in [0.2, 0.25) is 0 Å². The quantitative estimate of drug-likeness (QED) is 0.437. The van der Waals surface area contributed by atoms with Gasteiger partial charge >= 0.3 is 5.69 Å². The van der Waals surface area contributed by atoms with Crippen LogP contribution in [0.25, 0.3) is 16.8 Å². The van der Waals surface area contributed by atoms with Crippen LogP contribution in [0.15, 0.2) is 35.3 Å². The lowest BCUT2D eigenvalue weighted by atomic mass is 10.0. The van der Waals surface area contributed by atoms with E-state index in [-0.39, 0.29) is 18.0 Å². The summed E-state index contributed by atoms with van der Waals surface area (Å²) in [6.07, 6.45) is 1.00. The average Bonchev–Trinajstić information content (AvgIpc) is 3.24. The number of nitrogens with zero attached hydrogens (tertiary/aromatic N) is 7. The molecule has 1 aromatic carbocycles. The zero-order chi connectivity index (χ0) is 23.4. The molecule has 0 aliphatic carbocycles. The van der Waals surface area contributed by atoms with Gasteiger partial charge < -0.3 is 10.5 Å². The third-order valence-corrected chi connectivity index (χ3v) is 5.69. The zero-order valence-electron chi connectivity index (χ0n) is 18.1. The van der Waals surface area contributed by atoms with Crippen LogP contribution in [0.4, 0.5) is 10.2 Å². The van der Waals surface area contributed by atoms with Crippen molar-refractivity contribution in [3.63, 3.8) is 0 Å². The minimum Gasteiger partial charge on any atom is -0.482 e. The number of nitrogens with two attached hydrogens (primary N) is 1. The standard InChI is InChI=1S/C22H19FN8O2/c1-11-14-7-13(23)4-5-16(14)31-19(28-30(3)22(31)32)8-15-20(17(9-24)29(2)27-15)12-6-18(33-11)21(25)26-10-12/h4-7,10-11H,8H2,1-3H3,(H2,25,26)/t11-/m1/s1. The van der Waals surface area contributed by atoms with Gasteiger partial charge in [0.25, 0.3) is 0 Å². The topological polar surface area (TPSA) is 130 Å². The van der Waals surface area contributed by atoms with Gasteiger partial charge in [-0.2, -0.15) is 15.5 Å². The predicted octanol–water partition coefficient (Wildman–Crippen LogP) is 2.00. The molecule has 0 saturated heterocycles. The third-order valence-electron chi connectivity index (χ3n) is 5.69. The third kappa shape index (κ3) is 3.15. The van der Waals surface area contributed by atoms with Crippen molar-refractivity contribution < 1.29 is 9.13 Å². The fraction of sp³-hybridized carbons (Fsp3) is 0.227. The summed E-state index contributed by atoms with van der Waals surface area (Å²) >= 11 is 0. The van der Waals surface area contributed by atoms with Crippen molar-refractivity contribution in [1.82, 2.24) is 29.1 Å². The van der Waals surface area contributed by atoms with Gasteiger partial charge in [0.05, 0.1) is 17.8 Å².